The first-order valence-electron chi connectivity index (χ1n) is 10.4. The zero-order chi connectivity index (χ0) is 20.8. The van der Waals surface area contributed by atoms with Gasteiger partial charge < -0.3 is 9.47 Å². The zero-order valence-corrected chi connectivity index (χ0v) is 18.2. The average Bonchev–Trinajstić information content (AvgIpc) is 3.43. The molecule has 1 unspecified atom stereocenters. The minimum Gasteiger partial charge on any atom is -0.493 e. The summed E-state index contributed by atoms with van der Waals surface area (Å²) in [6.07, 6.45) is 5.67. The number of hydrogen-bond acceptors (Lipinski definition) is 5. The highest BCUT2D eigenvalue weighted by Gasteiger charge is 2.20. The number of methoxy groups -OCH3 is 1. The van der Waals surface area contributed by atoms with Gasteiger partial charge in [0, 0.05) is 12.0 Å². The topological polar surface area (TPSA) is 44.2 Å². The molecule has 3 aromatic rings. The van der Waals surface area contributed by atoms with Crippen molar-refractivity contribution in [2.75, 3.05) is 7.11 Å². The molecule has 1 aliphatic rings. The van der Waals surface area contributed by atoms with Gasteiger partial charge in [-0.15, -0.1) is 21.5 Å². The number of rotatable bonds is 6. The maximum atomic E-state index is 6.31. The molecular formula is C25H26N2O2S. The number of aryl methyl sites for hydroxylation is 1. The van der Waals surface area contributed by atoms with E-state index < -0.39 is 0 Å². The molecule has 1 heterocycles. The normalized spacial score (nSPS) is 14.7. The SMILES string of the molecule is COc1ccc(C(C#Cc2ccccc2)Cc2nnc(C)s2)cc1OC1CCCC1. The summed E-state index contributed by atoms with van der Waals surface area (Å²) >= 11 is 1.62. The Labute approximate surface area is 182 Å². The van der Waals surface area contributed by atoms with Gasteiger partial charge in [-0.05, 0) is 62.4 Å². The highest BCUT2D eigenvalue weighted by molar-refractivity contribution is 7.11. The summed E-state index contributed by atoms with van der Waals surface area (Å²) in [4.78, 5) is 0. The fourth-order valence-electron chi connectivity index (χ4n) is 3.73. The standard InChI is InChI=1S/C25H26N2O2S/c1-18-26-27-25(30-18)17-21(13-12-19-8-4-3-5-9-19)20-14-15-23(28-2)24(16-20)29-22-10-6-7-11-22/h3-5,8-9,14-16,21-22H,6-7,10-11,17H2,1-2H3. The Bertz CT molecular complexity index is 1030. The molecule has 4 rings (SSSR count). The second kappa shape index (κ2) is 9.77. The molecule has 0 spiro atoms. The van der Waals surface area contributed by atoms with E-state index in [1.165, 1.54) is 12.8 Å². The van der Waals surface area contributed by atoms with Crippen LogP contribution in [-0.2, 0) is 6.42 Å². The van der Waals surface area contributed by atoms with E-state index in [-0.39, 0.29) is 12.0 Å². The molecule has 1 fully saturated rings. The van der Waals surface area contributed by atoms with E-state index in [0.29, 0.717) is 0 Å². The average molecular weight is 419 g/mol. The van der Waals surface area contributed by atoms with Crippen molar-refractivity contribution in [2.45, 2.75) is 51.0 Å². The van der Waals surface area contributed by atoms with Crippen LogP contribution in [0.2, 0.25) is 0 Å². The van der Waals surface area contributed by atoms with Crippen molar-refractivity contribution in [1.82, 2.24) is 10.2 Å². The molecule has 0 N–H and O–H groups in total. The van der Waals surface area contributed by atoms with Crippen molar-refractivity contribution < 1.29 is 9.47 Å². The summed E-state index contributed by atoms with van der Waals surface area (Å²) in [5.41, 5.74) is 2.12. The van der Waals surface area contributed by atoms with Crippen molar-refractivity contribution in [3.05, 3.63) is 69.7 Å². The molecule has 0 saturated heterocycles. The molecule has 30 heavy (non-hydrogen) atoms. The predicted octanol–water partition coefficient (Wildman–Crippen LogP) is 5.55. The van der Waals surface area contributed by atoms with Gasteiger partial charge in [-0.2, -0.15) is 0 Å². The molecule has 1 atom stereocenters. The van der Waals surface area contributed by atoms with Gasteiger partial charge in [0.25, 0.3) is 0 Å². The first-order chi connectivity index (χ1) is 14.7. The van der Waals surface area contributed by atoms with Crippen molar-refractivity contribution in [2.24, 2.45) is 0 Å². The van der Waals surface area contributed by atoms with Gasteiger partial charge in [-0.1, -0.05) is 36.1 Å². The number of hydrogen-bond donors (Lipinski definition) is 0. The van der Waals surface area contributed by atoms with Gasteiger partial charge in [-0.25, -0.2) is 0 Å². The van der Waals surface area contributed by atoms with E-state index in [4.69, 9.17) is 9.47 Å². The largest absolute Gasteiger partial charge is 0.493 e. The van der Waals surface area contributed by atoms with Crippen LogP contribution in [0.1, 0.15) is 52.7 Å². The molecule has 1 aromatic heterocycles. The lowest BCUT2D eigenvalue weighted by atomic mass is 9.95. The molecule has 0 bridgehead atoms. The second-order valence-electron chi connectivity index (χ2n) is 7.54. The summed E-state index contributed by atoms with van der Waals surface area (Å²) in [6, 6.07) is 16.2. The third-order valence-electron chi connectivity index (χ3n) is 5.30. The molecule has 1 aliphatic carbocycles. The van der Waals surface area contributed by atoms with Crippen LogP contribution in [-0.4, -0.2) is 23.4 Å². The van der Waals surface area contributed by atoms with Gasteiger partial charge in [-0.3, -0.25) is 0 Å². The Balaban J connectivity index is 1.65. The highest BCUT2D eigenvalue weighted by Crippen LogP contribution is 2.35. The van der Waals surface area contributed by atoms with Crippen LogP contribution >= 0.6 is 11.3 Å². The number of aromatic nitrogens is 2. The van der Waals surface area contributed by atoms with Gasteiger partial charge in [0.2, 0.25) is 0 Å². The third kappa shape index (κ3) is 5.20. The maximum Gasteiger partial charge on any atom is 0.161 e. The Hall–Kier alpha value is -2.84. The number of nitrogens with zero attached hydrogens (tertiary/aromatic N) is 2. The first kappa shape index (κ1) is 20.4. The molecule has 0 radical (unpaired) electrons. The van der Waals surface area contributed by atoms with Gasteiger partial charge in [0.1, 0.15) is 10.0 Å². The summed E-state index contributed by atoms with van der Waals surface area (Å²) < 4.78 is 11.9. The van der Waals surface area contributed by atoms with Crippen LogP contribution in [0.4, 0.5) is 0 Å². The molecule has 0 amide bonds. The van der Waals surface area contributed by atoms with E-state index in [1.807, 2.05) is 43.3 Å². The number of benzene rings is 2. The molecule has 1 saturated carbocycles. The number of ether oxygens (including phenoxy) is 2. The lowest BCUT2D eigenvalue weighted by molar-refractivity contribution is 0.200. The fraction of sp³-hybridized carbons (Fsp3) is 0.360. The molecule has 5 heteroatoms. The van der Waals surface area contributed by atoms with Gasteiger partial charge in [0.15, 0.2) is 11.5 Å². The molecule has 154 valence electrons. The minimum atomic E-state index is -0.00519. The second-order valence-corrected chi connectivity index (χ2v) is 8.81. The maximum absolute atomic E-state index is 6.31. The Morgan fingerprint density at radius 1 is 1.07 bits per heavy atom. The van der Waals surface area contributed by atoms with E-state index in [9.17, 15) is 0 Å². The third-order valence-corrected chi connectivity index (χ3v) is 6.16. The monoisotopic (exact) mass is 418 g/mol. The molecular weight excluding hydrogens is 392 g/mol. The van der Waals surface area contributed by atoms with Crippen LogP contribution in [0.3, 0.4) is 0 Å². The van der Waals surface area contributed by atoms with E-state index in [2.05, 4.69) is 34.2 Å². The van der Waals surface area contributed by atoms with Crippen LogP contribution in [0.15, 0.2) is 48.5 Å². The van der Waals surface area contributed by atoms with Crippen molar-refractivity contribution >= 4 is 11.3 Å². The lowest BCUT2D eigenvalue weighted by Crippen LogP contribution is -2.12. The van der Waals surface area contributed by atoms with E-state index in [0.717, 1.165) is 51.9 Å². The van der Waals surface area contributed by atoms with Crippen molar-refractivity contribution in [3.63, 3.8) is 0 Å². The molecule has 2 aromatic carbocycles. The predicted molar refractivity (Wildman–Crippen MR) is 120 cm³/mol. The minimum absolute atomic E-state index is 0.00519. The van der Waals surface area contributed by atoms with Gasteiger partial charge >= 0.3 is 0 Å². The Kier molecular flexibility index (Phi) is 6.66. The van der Waals surface area contributed by atoms with Crippen LogP contribution in [0.5, 0.6) is 11.5 Å². The van der Waals surface area contributed by atoms with Gasteiger partial charge in [0.05, 0.1) is 19.1 Å². The molecule has 0 aliphatic heterocycles. The van der Waals surface area contributed by atoms with E-state index >= 15 is 0 Å². The summed E-state index contributed by atoms with van der Waals surface area (Å²) in [5, 5.41) is 10.5. The van der Waals surface area contributed by atoms with E-state index in [1.54, 1.807) is 18.4 Å². The van der Waals surface area contributed by atoms with Crippen LogP contribution in [0, 0.1) is 18.8 Å². The molecule has 4 nitrogen and oxygen atoms in total. The smallest absolute Gasteiger partial charge is 0.161 e. The highest BCUT2D eigenvalue weighted by atomic mass is 32.1. The van der Waals surface area contributed by atoms with Crippen LogP contribution < -0.4 is 9.47 Å². The zero-order valence-electron chi connectivity index (χ0n) is 17.4. The summed E-state index contributed by atoms with van der Waals surface area (Å²) in [5.74, 6) is 8.36. The Morgan fingerprint density at radius 3 is 2.57 bits per heavy atom. The fourth-order valence-corrected chi connectivity index (χ4v) is 4.48. The summed E-state index contributed by atoms with van der Waals surface area (Å²) in [7, 11) is 1.69. The van der Waals surface area contributed by atoms with Crippen molar-refractivity contribution in [3.8, 4) is 23.3 Å². The van der Waals surface area contributed by atoms with Crippen molar-refractivity contribution in [1.29, 1.82) is 0 Å². The van der Waals surface area contributed by atoms with Crippen LogP contribution in [0.25, 0.3) is 0 Å². The lowest BCUT2D eigenvalue weighted by Gasteiger charge is -2.18. The Morgan fingerprint density at radius 2 is 1.87 bits per heavy atom. The quantitative estimate of drug-likeness (QED) is 0.492. The first-order valence-corrected chi connectivity index (χ1v) is 11.2. The summed E-state index contributed by atoms with van der Waals surface area (Å²) in [6.45, 7) is 1.98.